The maximum atomic E-state index is 5.36. The largest absolute Gasteiger partial charge is 0.362 e. The Morgan fingerprint density at radius 1 is 1.20 bits per heavy atom. The van der Waals surface area contributed by atoms with Crippen molar-refractivity contribution < 1.29 is 0 Å². The van der Waals surface area contributed by atoms with Gasteiger partial charge in [0.05, 0.1) is 0 Å². The van der Waals surface area contributed by atoms with Crippen LogP contribution in [0.3, 0.4) is 0 Å². The molecular formula is C16H24N2S2. The van der Waals surface area contributed by atoms with Gasteiger partial charge in [-0.1, -0.05) is 25.1 Å². The summed E-state index contributed by atoms with van der Waals surface area (Å²) in [6, 6.07) is 11.1. The monoisotopic (exact) mass is 308 g/mol. The van der Waals surface area contributed by atoms with E-state index in [1.165, 1.54) is 30.6 Å². The molecule has 1 aliphatic rings. The quantitative estimate of drug-likeness (QED) is 0.490. The first-order valence-electron chi connectivity index (χ1n) is 7.46. The maximum absolute atomic E-state index is 5.36. The second-order valence-corrected chi connectivity index (χ2v) is 7.10. The van der Waals surface area contributed by atoms with Crippen molar-refractivity contribution in [1.82, 2.24) is 10.6 Å². The van der Waals surface area contributed by atoms with E-state index < -0.39 is 0 Å². The summed E-state index contributed by atoms with van der Waals surface area (Å²) in [7, 11) is 0. The summed E-state index contributed by atoms with van der Waals surface area (Å²) in [5.41, 5.74) is 0. The number of rotatable bonds is 5. The van der Waals surface area contributed by atoms with E-state index in [-0.39, 0.29) is 0 Å². The molecule has 1 fully saturated rings. The fourth-order valence-electron chi connectivity index (χ4n) is 2.49. The molecule has 0 radical (unpaired) electrons. The summed E-state index contributed by atoms with van der Waals surface area (Å²) in [5.74, 6) is 1.92. The van der Waals surface area contributed by atoms with Crippen molar-refractivity contribution in [3.8, 4) is 0 Å². The number of nitrogens with one attached hydrogen (secondary N) is 2. The lowest BCUT2D eigenvalue weighted by Gasteiger charge is -2.28. The zero-order chi connectivity index (χ0) is 14.2. The second kappa shape index (κ2) is 8.53. The van der Waals surface area contributed by atoms with Crippen LogP contribution in [0.25, 0.3) is 0 Å². The Morgan fingerprint density at radius 2 is 1.90 bits per heavy atom. The Hall–Kier alpha value is -0.740. The molecule has 0 heterocycles. The molecule has 20 heavy (non-hydrogen) atoms. The summed E-state index contributed by atoms with van der Waals surface area (Å²) in [6.45, 7) is 3.25. The Bertz CT molecular complexity index is 400. The predicted molar refractivity (Wildman–Crippen MR) is 92.3 cm³/mol. The average molecular weight is 309 g/mol. The van der Waals surface area contributed by atoms with Crippen LogP contribution >= 0.6 is 24.0 Å². The Kier molecular flexibility index (Phi) is 6.67. The third kappa shape index (κ3) is 5.71. The highest BCUT2D eigenvalue weighted by atomic mass is 32.2. The molecule has 0 atom stereocenters. The van der Waals surface area contributed by atoms with Crippen LogP contribution in [0.1, 0.15) is 32.6 Å². The molecule has 0 aliphatic heterocycles. The van der Waals surface area contributed by atoms with Gasteiger partial charge >= 0.3 is 0 Å². The van der Waals surface area contributed by atoms with Crippen molar-refractivity contribution >= 4 is 29.1 Å². The van der Waals surface area contributed by atoms with Crippen LogP contribution in [0.2, 0.25) is 0 Å². The number of thiocarbonyl (C=S) groups is 1. The molecule has 0 unspecified atom stereocenters. The van der Waals surface area contributed by atoms with Gasteiger partial charge in [0.2, 0.25) is 0 Å². The minimum absolute atomic E-state index is 0.577. The van der Waals surface area contributed by atoms with Gasteiger partial charge in [-0.05, 0) is 56.0 Å². The molecule has 4 heteroatoms. The van der Waals surface area contributed by atoms with Gasteiger partial charge in [0.1, 0.15) is 0 Å². The SMILES string of the molecule is CC1CCC(NC(=S)NCCSc2ccccc2)CC1. The van der Waals surface area contributed by atoms with Crippen molar-refractivity contribution in [2.75, 3.05) is 12.3 Å². The highest BCUT2D eigenvalue weighted by Crippen LogP contribution is 2.23. The fraction of sp³-hybridized carbons (Fsp3) is 0.562. The molecule has 0 bridgehead atoms. The van der Waals surface area contributed by atoms with Gasteiger partial charge < -0.3 is 10.6 Å². The summed E-state index contributed by atoms with van der Waals surface area (Å²) in [4.78, 5) is 1.31. The molecule has 1 aliphatic carbocycles. The minimum Gasteiger partial charge on any atom is -0.362 e. The van der Waals surface area contributed by atoms with Crippen LogP contribution in [0.4, 0.5) is 0 Å². The van der Waals surface area contributed by atoms with Crippen LogP contribution in [0, 0.1) is 5.92 Å². The van der Waals surface area contributed by atoms with E-state index >= 15 is 0 Å². The third-order valence-electron chi connectivity index (χ3n) is 3.75. The molecule has 2 N–H and O–H groups in total. The van der Waals surface area contributed by atoms with Crippen LogP contribution in [0.15, 0.2) is 35.2 Å². The topological polar surface area (TPSA) is 24.1 Å². The van der Waals surface area contributed by atoms with Gasteiger partial charge in [-0.3, -0.25) is 0 Å². The maximum Gasteiger partial charge on any atom is 0.166 e. The van der Waals surface area contributed by atoms with E-state index in [0.717, 1.165) is 23.3 Å². The number of hydrogen-bond donors (Lipinski definition) is 2. The molecule has 0 spiro atoms. The van der Waals surface area contributed by atoms with Crippen molar-refractivity contribution in [3.05, 3.63) is 30.3 Å². The van der Waals surface area contributed by atoms with E-state index in [4.69, 9.17) is 12.2 Å². The highest BCUT2D eigenvalue weighted by Gasteiger charge is 2.18. The first kappa shape index (κ1) is 15.6. The zero-order valence-corrected chi connectivity index (χ0v) is 13.7. The van der Waals surface area contributed by atoms with Crippen LogP contribution in [-0.4, -0.2) is 23.5 Å². The van der Waals surface area contributed by atoms with Crippen molar-refractivity contribution in [2.45, 2.75) is 43.5 Å². The standard InChI is InChI=1S/C16H24N2S2/c1-13-7-9-14(10-8-13)18-16(19)17-11-12-20-15-5-3-2-4-6-15/h2-6,13-14H,7-12H2,1H3,(H2,17,18,19). The van der Waals surface area contributed by atoms with Crippen molar-refractivity contribution in [2.24, 2.45) is 5.92 Å². The molecule has 110 valence electrons. The van der Waals surface area contributed by atoms with Crippen LogP contribution in [-0.2, 0) is 0 Å². The first-order valence-corrected chi connectivity index (χ1v) is 8.85. The highest BCUT2D eigenvalue weighted by molar-refractivity contribution is 7.99. The summed E-state index contributed by atoms with van der Waals surface area (Å²) in [6.07, 6.45) is 5.15. The predicted octanol–water partition coefficient (Wildman–Crippen LogP) is 3.82. The van der Waals surface area contributed by atoms with Gasteiger partial charge in [0.15, 0.2) is 5.11 Å². The number of benzene rings is 1. The molecule has 1 saturated carbocycles. The van der Waals surface area contributed by atoms with E-state index in [2.05, 4.69) is 41.8 Å². The third-order valence-corrected chi connectivity index (χ3v) is 5.03. The smallest absolute Gasteiger partial charge is 0.166 e. The molecule has 2 nitrogen and oxygen atoms in total. The number of thioether (sulfide) groups is 1. The summed E-state index contributed by atoms with van der Waals surface area (Å²) in [5, 5.41) is 7.58. The number of hydrogen-bond acceptors (Lipinski definition) is 2. The van der Waals surface area contributed by atoms with E-state index in [0.29, 0.717) is 6.04 Å². The molecule has 1 aromatic rings. The van der Waals surface area contributed by atoms with Crippen LogP contribution < -0.4 is 10.6 Å². The lowest BCUT2D eigenvalue weighted by Crippen LogP contribution is -2.43. The van der Waals surface area contributed by atoms with E-state index in [1.54, 1.807) is 0 Å². The first-order chi connectivity index (χ1) is 9.74. The van der Waals surface area contributed by atoms with Crippen molar-refractivity contribution in [1.29, 1.82) is 0 Å². The van der Waals surface area contributed by atoms with Crippen molar-refractivity contribution in [3.63, 3.8) is 0 Å². The second-order valence-electron chi connectivity index (χ2n) is 5.52. The van der Waals surface area contributed by atoms with E-state index in [1.807, 2.05) is 17.8 Å². The van der Waals surface area contributed by atoms with Gasteiger partial charge in [-0.15, -0.1) is 11.8 Å². The Balaban J connectivity index is 1.56. The average Bonchev–Trinajstić information content (AvgIpc) is 2.47. The Morgan fingerprint density at radius 3 is 2.60 bits per heavy atom. The van der Waals surface area contributed by atoms with Gasteiger partial charge in [0.25, 0.3) is 0 Å². The van der Waals surface area contributed by atoms with E-state index in [9.17, 15) is 0 Å². The summed E-state index contributed by atoms with van der Waals surface area (Å²) < 4.78 is 0. The zero-order valence-electron chi connectivity index (χ0n) is 12.1. The lowest BCUT2D eigenvalue weighted by atomic mass is 9.87. The molecule has 1 aromatic carbocycles. The molecule has 2 rings (SSSR count). The summed E-state index contributed by atoms with van der Waals surface area (Å²) >= 11 is 7.22. The van der Waals surface area contributed by atoms with Gasteiger partial charge in [-0.2, -0.15) is 0 Å². The van der Waals surface area contributed by atoms with Gasteiger partial charge in [-0.25, -0.2) is 0 Å². The lowest BCUT2D eigenvalue weighted by molar-refractivity contribution is 0.330. The molecule has 0 amide bonds. The molecule has 0 saturated heterocycles. The normalized spacial score (nSPS) is 22.2. The molecular weight excluding hydrogens is 284 g/mol. The van der Waals surface area contributed by atoms with Crippen LogP contribution in [0.5, 0.6) is 0 Å². The molecule has 0 aromatic heterocycles. The minimum atomic E-state index is 0.577. The Labute approximate surface area is 132 Å². The fourth-order valence-corrected chi connectivity index (χ4v) is 3.55. The van der Waals surface area contributed by atoms with Gasteiger partial charge in [0, 0.05) is 23.2 Å².